The fourth-order valence-corrected chi connectivity index (χ4v) is 3.61. The van der Waals surface area contributed by atoms with Crippen molar-refractivity contribution in [1.82, 2.24) is 10.3 Å². The number of hydrogen-bond donors (Lipinski definition) is 1. The van der Waals surface area contributed by atoms with E-state index in [1.807, 2.05) is 42.6 Å². The molecular weight excluding hydrogens is 332 g/mol. The minimum absolute atomic E-state index is 0.0174. The Morgan fingerprint density at radius 2 is 2.20 bits per heavy atom. The molecule has 0 saturated heterocycles. The van der Waals surface area contributed by atoms with Gasteiger partial charge >= 0.3 is 0 Å². The zero-order chi connectivity index (χ0) is 17.5. The van der Waals surface area contributed by atoms with Crippen molar-refractivity contribution in [2.24, 2.45) is 0 Å². The third kappa shape index (κ3) is 5.71. The van der Waals surface area contributed by atoms with Crippen molar-refractivity contribution < 1.29 is 9.53 Å². The lowest BCUT2D eigenvalue weighted by atomic mass is 9.95. The highest BCUT2D eigenvalue weighted by Crippen LogP contribution is 2.18. The van der Waals surface area contributed by atoms with E-state index in [2.05, 4.69) is 10.3 Å². The summed E-state index contributed by atoms with van der Waals surface area (Å²) in [5.74, 6) is 0.761. The molecule has 0 radical (unpaired) electrons. The number of aryl methyl sites for hydroxylation is 1. The molecule has 4 nitrogen and oxygen atoms in total. The first kappa shape index (κ1) is 17.7. The number of carbonyl (C=O) groups is 1. The summed E-state index contributed by atoms with van der Waals surface area (Å²) in [6.07, 6.45) is 9.35. The zero-order valence-electron chi connectivity index (χ0n) is 14.5. The smallest absolute Gasteiger partial charge is 0.244 e. The molecule has 132 valence electrons. The van der Waals surface area contributed by atoms with Crippen molar-refractivity contribution in [2.45, 2.75) is 51.7 Å². The number of carbonyl (C=O) groups excluding carboxylic acids is 1. The van der Waals surface area contributed by atoms with E-state index < -0.39 is 0 Å². The summed E-state index contributed by atoms with van der Waals surface area (Å²) in [5.41, 5.74) is 1.89. The Balaban J connectivity index is 1.52. The third-order valence-corrected chi connectivity index (χ3v) is 5.11. The van der Waals surface area contributed by atoms with Crippen molar-refractivity contribution in [3.8, 4) is 5.75 Å². The topological polar surface area (TPSA) is 51.2 Å². The number of nitrogens with zero attached hydrogens (tertiary/aromatic N) is 1. The molecule has 3 rings (SSSR count). The van der Waals surface area contributed by atoms with E-state index in [0.29, 0.717) is 12.6 Å². The first-order chi connectivity index (χ1) is 12.2. The standard InChI is InChI=1S/C20H24N2O2S/c1-15-21-18(14-25-15)13-24-19-9-5-6-16(12-19)10-11-20(23)22-17-7-3-2-4-8-17/h5-6,9-12,14,17H,2-4,7-8,13H2,1H3,(H,22,23)/b11-10+. The van der Waals surface area contributed by atoms with E-state index >= 15 is 0 Å². The summed E-state index contributed by atoms with van der Waals surface area (Å²) >= 11 is 1.62. The summed E-state index contributed by atoms with van der Waals surface area (Å²) in [7, 11) is 0. The van der Waals surface area contributed by atoms with Gasteiger partial charge < -0.3 is 10.1 Å². The Labute approximate surface area is 152 Å². The van der Waals surface area contributed by atoms with Crippen LogP contribution in [0.3, 0.4) is 0 Å². The molecule has 1 aromatic carbocycles. The molecule has 1 aromatic heterocycles. The largest absolute Gasteiger partial charge is 0.487 e. The Morgan fingerprint density at radius 1 is 1.36 bits per heavy atom. The van der Waals surface area contributed by atoms with Gasteiger partial charge in [0.05, 0.1) is 10.7 Å². The molecule has 1 amide bonds. The summed E-state index contributed by atoms with van der Waals surface area (Å²) in [6, 6.07) is 8.08. The van der Waals surface area contributed by atoms with Crippen LogP contribution >= 0.6 is 11.3 Å². The molecule has 0 unspecified atom stereocenters. The Kier molecular flexibility index (Phi) is 6.23. The Morgan fingerprint density at radius 3 is 2.96 bits per heavy atom. The van der Waals surface area contributed by atoms with Crippen LogP contribution in [0.1, 0.15) is 48.4 Å². The van der Waals surface area contributed by atoms with E-state index in [9.17, 15) is 4.79 Å². The van der Waals surface area contributed by atoms with Crippen LogP contribution in [0.4, 0.5) is 0 Å². The maximum absolute atomic E-state index is 12.0. The fourth-order valence-electron chi connectivity index (χ4n) is 3.01. The van der Waals surface area contributed by atoms with Crippen LogP contribution < -0.4 is 10.1 Å². The summed E-state index contributed by atoms with van der Waals surface area (Å²) in [5, 5.41) is 6.14. The lowest BCUT2D eigenvalue weighted by Gasteiger charge is -2.21. The minimum Gasteiger partial charge on any atom is -0.487 e. The molecule has 2 aromatic rings. The highest BCUT2D eigenvalue weighted by Gasteiger charge is 2.14. The molecule has 1 fully saturated rings. The van der Waals surface area contributed by atoms with Gasteiger partial charge in [0.1, 0.15) is 12.4 Å². The van der Waals surface area contributed by atoms with Gasteiger partial charge in [-0.15, -0.1) is 11.3 Å². The predicted octanol–water partition coefficient (Wildman–Crippen LogP) is 4.49. The van der Waals surface area contributed by atoms with Gasteiger partial charge in [-0.05, 0) is 43.5 Å². The van der Waals surface area contributed by atoms with Crippen molar-refractivity contribution in [2.75, 3.05) is 0 Å². The zero-order valence-corrected chi connectivity index (χ0v) is 15.3. The van der Waals surface area contributed by atoms with Crippen LogP contribution in [0.2, 0.25) is 0 Å². The second-order valence-corrected chi connectivity index (χ2v) is 7.46. The first-order valence-electron chi connectivity index (χ1n) is 8.81. The number of amides is 1. The average Bonchev–Trinajstić information content (AvgIpc) is 3.05. The molecule has 5 heteroatoms. The number of aromatic nitrogens is 1. The number of nitrogens with one attached hydrogen (secondary N) is 1. The number of benzene rings is 1. The SMILES string of the molecule is Cc1nc(COc2cccc(/C=C/C(=O)NC3CCCCC3)c2)cs1. The predicted molar refractivity (Wildman–Crippen MR) is 102 cm³/mol. The molecule has 25 heavy (non-hydrogen) atoms. The van der Waals surface area contributed by atoms with E-state index in [4.69, 9.17) is 4.74 Å². The van der Waals surface area contributed by atoms with Gasteiger partial charge in [0.15, 0.2) is 0 Å². The Hall–Kier alpha value is -2.14. The molecule has 1 heterocycles. The van der Waals surface area contributed by atoms with Crippen LogP contribution in [0.25, 0.3) is 6.08 Å². The number of ether oxygens (including phenoxy) is 1. The molecule has 1 aliphatic carbocycles. The van der Waals surface area contributed by atoms with Gasteiger partial charge in [-0.2, -0.15) is 0 Å². The molecular formula is C20H24N2O2S. The number of hydrogen-bond acceptors (Lipinski definition) is 4. The van der Waals surface area contributed by atoms with Crippen LogP contribution in [0.15, 0.2) is 35.7 Å². The molecule has 1 N–H and O–H groups in total. The van der Waals surface area contributed by atoms with E-state index in [1.165, 1.54) is 19.3 Å². The average molecular weight is 356 g/mol. The van der Waals surface area contributed by atoms with E-state index in [-0.39, 0.29) is 5.91 Å². The fraction of sp³-hybridized carbons (Fsp3) is 0.400. The molecule has 0 aliphatic heterocycles. The Bertz CT molecular complexity index is 733. The summed E-state index contributed by atoms with van der Waals surface area (Å²) in [6.45, 7) is 2.44. The maximum atomic E-state index is 12.0. The molecule has 1 saturated carbocycles. The molecule has 0 spiro atoms. The lowest BCUT2D eigenvalue weighted by molar-refractivity contribution is -0.117. The number of thiazole rings is 1. The second kappa shape index (κ2) is 8.81. The van der Waals surface area contributed by atoms with Crippen molar-refractivity contribution in [1.29, 1.82) is 0 Å². The van der Waals surface area contributed by atoms with Crippen LogP contribution in [0.5, 0.6) is 5.75 Å². The third-order valence-electron chi connectivity index (χ3n) is 4.29. The van der Waals surface area contributed by atoms with Crippen molar-refractivity contribution in [3.05, 3.63) is 52.0 Å². The van der Waals surface area contributed by atoms with Gasteiger partial charge in [0, 0.05) is 17.5 Å². The van der Waals surface area contributed by atoms with E-state index in [0.717, 1.165) is 34.9 Å². The van der Waals surface area contributed by atoms with Crippen LogP contribution in [-0.4, -0.2) is 16.9 Å². The monoisotopic (exact) mass is 356 g/mol. The highest BCUT2D eigenvalue weighted by atomic mass is 32.1. The van der Waals surface area contributed by atoms with E-state index in [1.54, 1.807) is 17.4 Å². The molecule has 0 atom stereocenters. The highest BCUT2D eigenvalue weighted by molar-refractivity contribution is 7.09. The van der Waals surface area contributed by atoms with Crippen molar-refractivity contribution >= 4 is 23.3 Å². The number of rotatable bonds is 6. The van der Waals surface area contributed by atoms with Crippen molar-refractivity contribution in [3.63, 3.8) is 0 Å². The van der Waals surface area contributed by atoms with Gasteiger partial charge in [-0.3, -0.25) is 4.79 Å². The maximum Gasteiger partial charge on any atom is 0.244 e. The second-order valence-electron chi connectivity index (χ2n) is 6.40. The summed E-state index contributed by atoms with van der Waals surface area (Å²) in [4.78, 5) is 16.4. The van der Waals surface area contributed by atoms with Crippen LogP contribution in [0, 0.1) is 6.92 Å². The normalized spacial score (nSPS) is 15.4. The van der Waals surface area contributed by atoms with Gasteiger partial charge in [0.2, 0.25) is 5.91 Å². The van der Waals surface area contributed by atoms with Gasteiger partial charge in [0.25, 0.3) is 0 Å². The lowest BCUT2D eigenvalue weighted by Crippen LogP contribution is -2.34. The first-order valence-corrected chi connectivity index (χ1v) is 9.69. The minimum atomic E-state index is -0.0174. The summed E-state index contributed by atoms with van der Waals surface area (Å²) < 4.78 is 5.78. The van der Waals surface area contributed by atoms with Gasteiger partial charge in [-0.25, -0.2) is 4.98 Å². The molecule has 0 bridgehead atoms. The molecule has 1 aliphatic rings. The quantitative estimate of drug-likeness (QED) is 0.776. The van der Waals surface area contributed by atoms with Crippen LogP contribution in [-0.2, 0) is 11.4 Å². The van der Waals surface area contributed by atoms with Gasteiger partial charge in [-0.1, -0.05) is 31.4 Å².